The van der Waals surface area contributed by atoms with E-state index in [4.69, 9.17) is 0 Å². The lowest BCUT2D eigenvalue weighted by Gasteiger charge is -2.24. The first-order chi connectivity index (χ1) is 12.3. The fourth-order valence-corrected chi connectivity index (χ4v) is 3.84. The molecule has 0 aliphatic heterocycles. The molecule has 1 heteroatoms. The minimum Gasteiger partial charge on any atom is -0.311 e. The minimum absolute atomic E-state index is 0.755. The Kier molecular flexibility index (Phi) is 20.2. The Hall–Kier alpha value is -0.0400. The van der Waals surface area contributed by atoms with Gasteiger partial charge in [-0.2, -0.15) is 0 Å². The maximum absolute atomic E-state index is 3.98. The van der Waals surface area contributed by atoms with Crippen LogP contribution in [-0.4, -0.2) is 12.1 Å². The summed E-state index contributed by atoms with van der Waals surface area (Å²) in [5, 5.41) is 3.98. The molecule has 2 unspecified atom stereocenters. The maximum atomic E-state index is 3.98. The molecular weight excluding hydrogens is 302 g/mol. The van der Waals surface area contributed by atoms with E-state index in [1.807, 2.05) is 0 Å². The van der Waals surface area contributed by atoms with Crippen molar-refractivity contribution in [3.8, 4) is 0 Å². The van der Waals surface area contributed by atoms with Crippen LogP contribution in [0.4, 0.5) is 0 Å². The normalized spacial score (nSPS) is 13.9. The third-order valence-corrected chi connectivity index (χ3v) is 5.77. The second-order valence-corrected chi connectivity index (χ2v) is 8.20. The third-order valence-electron chi connectivity index (χ3n) is 5.77. The van der Waals surface area contributed by atoms with Gasteiger partial charge in [0.05, 0.1) is 0 Å². The van der Waals surface area contributed by atoms with Crippen molar-refractivity contribution in [2.45, 2.75) is 155 Å². The van der Waals surface area contributed by atoms with Gasteiger partial charge in [0, 0.05) is 12.1 Å². The minimum atomic E-state index is 0.755. The predicted octanol–water partition coefficient (Wildman–Crippen LogP) is 8.41. The SMILES string of the molecule is CCCCCCCCCC(CC)NC(CC)CCCCCCCCC. The molecule has 0 aliphatic carbocycles. The summed E-state index contributed by atoms with van der Waals surface area (Å²) >= 11 is 0. The Morgan fingerprint density at radius 1 is 0.440 bits per heavy atom. The van der Waals surface area contributed by atoms with Crippen LogP contribution in [-0.2, 0) is 0 Å². The van der Waals surface area contributed by atoms with Crippen LogP contribution < -0.4 is 5.32 Å². The Bertz CT molecular complexity index is 214. The molecule has 1 N–H and O–H groups in total. The highest BCUT2D eigenvalue weighted by molar-refractivity contribution is 4.73. The fourth-order valence-electron chi connectivity index (χ4n) is 3.84. The summed E-state index contributed by atoms with van der Waals surface area (Å²) in [4.78, 5) is 0. The van der Waals surface area contributed by atoms with Crippen LogP contribution in [0.15, 0.2) is 0 Å². The smallest absolute Gasteiger partial charge is 0.00670 e. The number of hydrogen-bond acceptors (Lipinski definition) is 1. The van der Waals surface area contributed by atoms with Crippen LogP contribution in [0, 0.1) is 0 Å². The van der Waals surface area contributed by atoms with E-state index in [1.54, 1.807) is 0 Å². The average Bonchev–Trinajstić information content (AvgIpc) is 2.64. The Morgan fingerprint density at radius 3 is 1.08 bits per heavy atom. The molecule has 0 aliphatic rings. The summed E-state index contributed by atoms with van der Waals surface area (Å²) in [6, 6.07) is 1.51. The first kappa shape index (κ1) is 25.0. The van der Waals surface area contributed by atoms with Gasteiger partial charge in [0.1, 0.15) is 0 Å². The lowest BCUT2D eigenvalue weighted by atomic mass is 10.00. The molecule has 1 nitrogen and oxygen atoms in total. The topological polar surface area (TPSA) is 12.0 Å². The highest BCUT2D eigenvalue weighted by Crippen LogP contribution is 2.15. The molecule has 0 fully saturated rings. The van der Waals surface area contributed by atoms with Crippen molar-refractivity contribution in [3.05, 3.63) is 0 Å². The molecule has 0 amide bonds. The van der Waals surface area contributed by atoms with Gasteiger partial charge in [-0.25, -0.2) is 0 Å². The van der Waals surface area contributed by atoms with Gasteiger partial charge in [0.15, 0.2) is 0 Å². The molecule has 0 saturated carbocycles. The Labute approximate surface area is 161 Å². The molecule has 0 saturated heterocycles. The van der Waals surface area contributed by atoms with Gasteiger partial charge in [-0.15, -0.1) is 0 Å². The van der Waals surface area contributed by atoms with E-state index in [0.717, 1.165) is 12.1 Å². The van der Waals surface area contributed by atoms with E-state index in [1.165, 1.54) is 116 Å². The molecule has 25 heavy (non-hydrogen) atoms. The van der Waals surface area contributed by atoms with Gasteiger partial charge in [-0.05, 0) is 25.7 Å². The van der Waals surface area contributed by atoms with Crippen LogP contribution in [0.5, 0.6) is 0 Å². The number of rotatable bonds is 20. The Balaban J connectivity index is 3.67. The molecule has 0 aromatic heterocycles. The van der Waals surface area contributed by atoms with Crippen molar-refractivity contribution in [3.63, 3.8) is 0 Å². The second-order valence-electron chi connectivity index (χ2n) is 8.20. The summed E-state index contributed by atoms with van der Waals surface area (Å²) in [6.45, 7) is 9.32. The maximum Gasteiger partial charge on any atom is 0.00670 e. The molecule has 0 rings (SSSR count). The predicted molar refractivity (Wildman–Crippen MR) is 117 cm³/mol. The van der Waals surface area contributed by atoms with Gasteiger partial charge in [-0.1, -0.05) is 118 Å². The number of nitrogens with one attached hydrogen (secondary N) is 1. The van der Waals surface area contributed by atoms with Crippen molar-refractivity contribution >= 4 is 0 Å². The summed E-state index contributed by atoms with van der Waals surface area (Å²) in [6.07, 6.45) is 25.4. The zero-order valence-corrected chi connectivity index (χ0v) is 18.4. The van der Waals surface area contributed by atoms with Gasteiger partial charge in [-0.3, -0.25) is 0 Å². The first-order valence-corrected chi connectivity index (χ1v) is 12.0. The highest BCUT2D eigenvalue weighted by atomic mass is 14.9. The number of hydrogen-bond donors (Lipinski definition) is 1. The fraction of sp³-hybridized carbons (Fsp3) is 1.00. The number of unbranched alkanes of at least 4 members (excludes halogenated alkanes) is 12. The van der Waals surface area contributed by atoms with Crippen molar-refractivity contribution in [1.29, 1.82) is 0 Å². The third kappa shape index (κ3) is 17.1. The van der Waals surface area contributed by atoms with E-state index in [0.29, 0.717) is 0 Å². The quantitative estimate of drug-likeness (QED) is 0.217. The van der Waals surface area contributed by atoms with Crippen molar-refractivity contribution in [2.75, 3.05) is 0 Å². The average molecular weight is 354 g/mol. The first-order valence-electron chi connectivity index (χ1n) is 12.0. The Morgan fingerprint density at radius 2 is 0.760 bits per heavy atom. The van der Waals surface area contributed by atoms with E-state index in [9.17, 15) is 0 Å². The van der Waals surface area contributed by atoms with Crippen molar-refractivity contribution < 1.29 is 0 Å². The van der Waals surface area contributed by atoms with E-state index in [2.05, 4.69) is 33.0 Å². The van der Waals surface area contributed by atoms with E-state index < -0.39 is 0 Å². The van der Waals surface area contributed by atoms with Gasteiger partial charge >= 0.3 is 0 Å². The summed E-state index contributed by atoms with van der Waals surface area (Å²) in [7, 11) is 0. The molecule has 0 bridgehead atoms. The molecule has 152 valence electrons. The van der Waals surface area contributed by atoms with Gasteiger partial charge in [0.25, 0.3) is 0 Å². The van der Waals surface area contributed by atoms with E-state index in [-0.39, 0.29) is 0 Å². The van der Waals surface area contributed by atoms with Crippen LogP contribution in [0.25, 0.3) is 0 Å². The molecule has 0 heterocycles. The zero-order valence-electron chi connectivity index (χ0n) is 18.4. The standard InChI is InChI=1S/C24H51N/c1-5-9-11-13-15-17-19-21-23(7-3)25-24(8-4)22-20-18-16-14-12-10-6-2/h23-25H,5-22H2,1-4H3. The van der Waals surface area contributed by atoms with Crippen LogP contribution in [0.1, 0.15) is 143 Å². The second kappa shape index (κ2) is 20.3. The summed E-state index contributed by atoms with van der Waals surface area (Å²) < 4.78 is 0. The zero-order chi connectivity index (χ0) is 18.6. The molecule has 0 spiro atoms. The monoisotopic (exact) mass is 353 g/mol. The van der Waals surface area contributed by atoms with Crippen LogP contribution in [0.2, 0.25) is 0 Å². The molecule has 2 atom stereocenters. The van der Waals surface area contributed by atoms with Gasteiger partial charge < -0.3 is 5.32 Å². The highest BCUT2D eigenvalue weighted by Gasteiger charge is 2.12. The van der Waals surface area contributed by atoms with Crippen molar-refractivity contribution in [2.24, 2.45) is 0 Å². The molecule has 0 aromatic carbocycles. The molecule has 0 radical (unpaired) electrons. The lowest BCUT2D eigenvalue weighted by molar-refractivity contribution is 0.356. The lowest BCUT2D eigenvalue weighted by Crippen LogP contribution is -2.37. The van der Waals surface area contributed by atoms with Crippen molar-refractivity contribution in [1.82, 2.24) is 5.32 Å². The molecule has 0 aromatic rings. The van der Waals surface area contributed by atoms with Crippen LogP contribution in [0.3, 0.4) is 0 Å². The summed E-state index contributed by atoms with van der Waals surface area (Å²) in [5.74, 6) is 0. The largest absolute Gasteiger partial charge is 0.311 e. The molecular formula is C24H51N. The van der Waals surface area contributed by atoms with Crippen LogP contribution >= 0.6 is 0 Å². The van der Waals surface area contributed by atoms with E-state index >= 15 is 0 Å². The van der Waals surface area contributed by atoms with Gasteiger partial charge in [0.2, 0.25) is 0 Å². The summed E-state index contributed by atoms with van der Waals surface area (Å²) in [5.41, 5.74) is 0.